The Morgan fingerprint density at radius 1 is 0.760 bits per heavy atom. The molecule has 25 heavy (non-hydrogen) atoms. The van der Waals surface area contributed by atoms with E-state index in [0.717, 1.165) is 23.4 Å². The van der Waals surface area contributed by atoms with Crippen molar-refractivity contribution in [3.63, 3.8) is 0 Å². The second kappa shape index (κ2) is 8.69. The molecule has 126 valence electrons. The van der Waals surface area contributed by atoms with E-state index in [1.807, 2.05) is 84.9 Å². The van der Waals surface area contributed by atoms with E-state index in [9.17, 15) is 4.79 Å². The van der Waals surface area contributed by atoms with Crippen LogP contribution in [0.25, 0.3) is 0 Å². The van der Waals surface area contributed by atoms with Crippen LogP contribution in [0.3, 0.4) is 0 Å². The van der Waals surface area contributed by atoms with Crippen molar-refractivity contribution >= 4 is 11.6 Å². The van der Waals surface area contributed by atoms with Crippen molar-refractivity contribution in [1.82, 2.24) is 0 Å². The molecule has 3 heteroatoms. The van der Waals surface area contributed by atoms with Crippen molar-refractivity contribution in [3.8, 4) is 5.75 Å². The van der Waals surface area contributed by atoms with Crippen LogP contribution in [0.2, 0.25) is 0 Å². The third-order valence-electron chi connectivity index (χ3n) is 3.87. The molecule has 0 aliphatic rings. The molecule has 3 rings (SSSR count). The molecule has 0 radical (unpaired) electrons. The summed E-state index contributed by atoms with van der Waals surface area (Å²) in [7, 11) is 0. The van der Waals surface area contributed by atoms with Gasteiger partial charge >= 0.3 is 0 Å². The monoisotopic (exact) mass is 331 g/mol. The zero-order valence-electron chi connectivity index (χ0n) is 14.0. The van der Waals surface area contributed by atoms with E-state index < -0.39 is 0 Å². The molecule has 0 aromatic heterocycles. The summed E-state index contributed by atoms with van der Waals surface area (Å²) < 4.78 is 5.74. The molecule has 1 amide bonds. The fourth-order valence-electron chi connectivity index (χ4n) is 2.50. The molecule has 0 saturated carbocycles. The van der Waals surface area contributed by atoms with Crippen LogP contribution in [0.1, 0.15) is 17.5 Å². The summed E-state index contributed by atoms with van der Waals surface area (Å²) in [5.74, 6) is 0.799. The molecule has 0 atom stereocenters. The van der Waals surface area contributed by atoms with Crippen molar-refractivity contribution < 1.29 is 9.53 Å². The highest BCUT2D eigenvalue weighted by Crippen LogP contribution is 2.17. The van der Waals surface area contributed by atoms with Gasteiger partial charge in [-0.15, -0.1) is 0 Å². The average Bonchev–Trinajstić information content (AvgIpc) is 2.67. The summed E-state index contributed by atoms with van der Waals surface area (Å²) in [4.78, 5) is 12.0. The number of ether oxygens (including phenoxy) is 1. The second-order valence-corrected chi connectivity index (χ2v) is 5.83. The van der Waals surface area contributed by atoms with Crippen LogP contribution in [-0.4, -0.2) is 5.91 Å². The van der Waals surface area contributed by atoms with Crippen molar-refractivity contribution in [2.24, 2.45) is 0 Å². The van der Waals surface area contributed by atoms with E-state index in [-0.39, 0.29) is 5.91 Å². The minimum Gasteiger partial charge on any atom is -0.489 e. The van der Waals surface area contributed by atoms with Gasteiger partial charge in [-0.05, 0) is 41.8 Å². The molecule has 3 aromatic carbocycles. The number of anilines is 1. The maximum Gasteiger partial charge on any atom is 0.224 e. The molecular formula is C22H21NO2. The van der Waals surface area contributed by atoms with E-state index in [2.05, 4.69) is 5.32 Å². The van der Waals surface area contributed by atoms with Gasteiger partial charge in [-0.1, -0.05) is 60.7 Å². The maximum atomic E-state index is 12.0. The van der Waals surface area contributed by atoms with Crippen LogP contribution in [-0.2, 0) is 17.8 Å². The van der Waals surface area contributed by atoms with Crippen molar-refractivity contribution in [3.05, 3.63) is 96.1 Å². The molecule has 3 aromatic rings. The number of rotatable bonds is 7. The lowest BCUT2D eigenvalue weighted by Crippen LogP contribution is -2.12. The molecule has 0 aliphatic carbocycles. The van der Waals surface area contributed by atoms with E-state index in [0.29, 0.717) is 13.0 Å². The first-order chi connectivity index (χ1) is 12.3. The lowest BCUT2D eigenvalue weighted by Gasteiger charge is -2.08. The van der Waals surface area contributed by atoms with Crippen LogP contribution < -0.4 is 10.1 Å². The number of carbonyl (C=O) groups is 1. The van der Waals surface area contributed by atoms with E-state index in [1.165, 1.54) is 5.56 Å². The molecule has 0 saturated heterocycles. The molecule has 0 fully saturated rings. The van der Waals surface area contributed by atoms with Crippen LogP contribution >= 0.6 is 0 Å². The standard InChI is InChI=1S/C22H21NO2/c24-22(16-11-18-7-3-1-4-8-18)23-20-12-14-21(15-13-20)25-17-19-9-5-2-6-10-19/h1-10,12-15H,11,16-17H2,(H,23,24). The van der Waals surface area contributed by atoms with Gasteiger partial charge in [-0.2, -0.15) is 0 Å². The Morgan fingerprint density at radius 2 is 1.36 bits per heavy atom. The highest BCUT2D eigenvalue weighted by Gasteiger charge is 2.04. The highest BCUT2D eigenvalue weighted by molar-refractivity contribution is 5.90. The first-order valence-corrected chi connectivity index (χ1v) is 8.40. The molecule has 0 aliphatic heterocycles. The summed E-state index contributed by atoms with van der Waals surface area (Å²) in [5.41, 5.74) is 3.08. The first-order valence-electron chi connectivity index (χ1n) is 8.40. The average molecular weight is 331 g/mol. The van der Waals surface area contributed by atoms with Gasteiger partial charge in [0.15, 0.2) is 0 Å². The third kappa shape index (κ3) is 5.50. The van der Waals surface area contributed by atoms with Crippen molar-refractivity contribution in [2.45, 2.75) is 19.4 Å². The Bertz CT molecular complexity index is 783. The van der Waals surface area contributed by atoms with Gasteiger partial charge in [0, 0.05) is 12.1 Å². The minimum atomic E-state index is 0.0156. The Labute approximate surface area is 148 Å². The van der Waals surface area contributed by atoms with Gasteiger partial charge in [0.1, 0.15) is 12.4 Å². The number of hydrogen-bond acceptors (Lipinski definition) is 2. The molecular weight excluding hydrogens is 310 g/mol. The Morgan fingerprint density at radius 3 is 2.00 bits per heavy atom. The fourth-order valence-corrected chi connectivity index (χ4v) is 2.50. The van der Waals surface area contributed by atoms with Gasteiger partial charge in [0.25, 0.3) is 0 Å². The number of benzene rings is 3. The zero-order valence-corrected chi connectivity index (χ0v) is 14.0. The summed E-state index contributed by atoms with van der Waals surface area (Å²) >= 11 is 0. The minimum absolute atomic E-state index is 0.0156. The normalized spacial score (nSPS) is 10.2. The zero-order chi connectivity index (χ0) is 17.3. The van der Waals surface area contributed by atoms with Crippen LogP contribution in [0.5, 0.6) is 5.75 Å². The summed E-state index contributed by atoms with van der Waals surface area (Å²) in [6, 6.07) is 27.5. The predicted octanol–water partition coefficient (Wildman–Crippen LogP) is 4.84. The topological polar surface area (TPSA) is 38.3 Å². The molecule has 3 nitrogen and oxygen atoms in total. The van der Waals surface area contributed by atoms with Crippen LogP contribution in [0, 0.1) is 0 Å². The lowest BCUT2D eigenvalue weighted by atomic mass is 10.1. The van der Waals surface area contributed by atoms with Gasteiger partial charge in [0.05, 0.1) is 0 Å². The molecule has 0 spiro atoms. The second-order valence-electron chi connectivity index (χ2n) is 5.83. The Hall–Kier alpha value is -3.07. The summed E-state index contributed by atoms with van der Waals surface area (Å²) in [5, 5.41) is 2.92. The molecule has 1 N–H and O–H groups in total. The van der Waals surface area contributed by atoms with Crippen LogP contribution in [0.4, 0.5) is 5.69 Å². The van der Waals surface area contributed by atoms with Crippen LogP contribution in [0.15, 0.2) is 84.9 Å². The van der Waals surface area contributed by atoms with Crippen molar-refractivity contribution in [2.75, 3.05) is 5.32 Å². The number of hydrogen-bond donors (Lipinski definition) is 1. The summed E-state index contributed by atoms with van der Waals surface area (Å²) in [6.07, 6.45) is 1.21. The van der Waals surface area contributed by atoms with Crippen molar-refractivity contribution in [1.29, 1.82) is 0 Å². The maximum absolute atomic E-state index is 12.0. The Balaban J connectivity index is 1.46. The first kappa shape index (κ1) is 16.8. The summed E-state index contributed by atoms with van der Waals surface area (Å²) in [6.45, 7) is 0.531. The highest BCUT2D eigenvalue weighted by atomic mass is 16.5. The number of amides is 1. The third-order valence-corrected chi connectivity index (χ3v) is 3.87. The Kier molecular flexibility index (Phi) is 5.83. The smallest absolute Gasteiger partial charge is 0.224 e. The van der Waals surface area contributed by atoms with Gasteiger partial charge in [-0.3, -0.25) is 4.79 Å². The largest absolute Gasteiger partial charge is 0.489 e. The van der Waals surface area contributed by atoms with E-state index >= 15 is 0 Å². The quantitative estimate of drug-likeness (QED) is 0.673. The fraction of sp³-hybridized carbons (Fsp3) is 0.136. The van der Waals surface area contributed by atoms with E-state index in [1.54, 1.807) is 0 Å². The number of aryl methyl sites for hydroxylation is 1. The number of carbonyl (C=O) groups excluding carboxylic acids is 1. The predicted molar refractivity (Wildman–Crippen MR) is 101 cm³/mol. The number of nitrogens with one attached hydrogen (secondary N) is 1. The van der Waals surface area contributed by atoms with E-state index in [4.69, 9.17) is 4.74 Å². The van der Waals surface area contributed by atoms with Gasteiger partial charge < -0.3 is 10.1 Å². The SMILES string of the molecule is O=C(CCc1ccccc1)Nc1ccc(OCc2ccccc2)cc1. The molecule has 0 heterocycles. The lowest BCUT2D eigenvalue weighted by molar-refractivity contribution is -0.116. The molecule has 0 unspecified atom stereocenters. The van der Waals surface area contributed by atoms with Gasteiger partial charge in [0.2, 0.25) is 5.91 Å². The molecule has 0 bridgehead atoms. The van der Waals surface area contributed by atoms with Gasteiger partial charge in [-0.25, -0.2) is 0 Å².